The normalized spacial score (nSPS) is 22.5. The molecule has 4 rings (SSSR count). The summed E-state index contributed by atoms with van der Waals surface area (Å²) < 4.78 is 13.3. The number of rotatable bonds is 5. The minimum atomic E-state index is -0.143. The van der Waals surface area contributed by atoms with Gasteiger partial charge in [-0.3, -0.25) is 9.80 Å². The molecule has 0 bridgehead atoms. The fourth-order valence-electron chi connectivity index (χ4n) is 4.23. The van der Waals surface area contributed by atoms with Crippen LogP contribution in [-0.2, 0) is 13.1 Å². The SMILES string of the molecule is Fc1ccc(C2CCCCN2Cc2cc(CN3CCCC3)cs2)cc1. The van der Waals surface area contributed by atoms with Crippen molar-refractivity contribution in [2.45, 2.75) is 51.2 Å². The smallest absolute Gasteiger partial charge is 0.123 e. The molecular formula is C21H27FN2S. The van der Waals surface area contributed by atoms with Gasteiger partial charge in [0, 0.05) is 24.0 Å². The van der Waals surface area contributed by atoms with Crippen molar-refractivity contribution >= 4 is 11.3 Å². The van der Waals surface area contributed by atoms with Crippen molar-refractivity contribution in [1.29, 1.82) is 0 Å². The zero-order chi connectivity index (χ0) is 17.1. The number of hydrogen-bond acceptors (Lipinski definition) is 3. The molecule has 0 amide bonds. The Morgan fingerprint density at radius 2 is 1.72 bits per heavy atom. The lowest BCUT2D eigenvalue weighted by Crippen LogP contribution is -2.32. The second kappa shape index (κ2) is 7.98. The summed E-state index contributed by atoms with van der Waals surface area (Å²) in [6, 6.07) is 9.96. The van der Waals surface area contributed by atoms with E-state index in [1.54, 1.807) is 12.1 Å². The molecule has 0 radical (unpaired) electrons. The molecule has 0 saturated carbocycles. The first-order valence-electron chi connectivity index (χ1n) is 9.56. The van der Waals surface area contributed by atoms with Gasteiger partial charge < -0.3 is 0 Å². The van der Waals surface area contributed by atoms with Crippen LogP contribution in [0.1, 0.15) is 54.1 Å². The van der Waals surface area contributed by atoms with Crippen LogP contribution in [0.25, 0.3) is 0 Å². The molecule has 1 unspecified atom stereocenters. The van der Waals surface area contributed by atoms with E-state index in [1.807, 2.05) is 23.5 Å². The molecule has 1 aromatic heterocycles. The number of likely N-dealkylation sites (tertiary alicyclic amines) is 2. The maximum absolute atomic E-state index is 13.3. The summed E-state index contributed by atoms with van der Waals surface area (Å²) in [7, 11) is 0. The van der Waals surface area contributed by atoms with Gasteiger partial charge in [-0.05, 0) is 80.0 Å². The fraction of sp³-hybridized carbons (Fsp3) is 0.524. The number of hydrogen-bond donors (Lipinski definition) is 0. The molecule has 0 N–H and O–H groups in total. The summed E-state index contributed by atoms with van der Waals surface area (Å²) in [6.07, 6.45) is 6.42. The van der Waals surface area contributed by atoms with Gasteiger partial charge in [0.1, 0.15) is 5.82 Å². The zero-order valence-electron chi connectivity index (χ0n) is 14.8. The molecule has 4 heteroatoms. The van der Waals surface area contributed by atoms with E-state index in [1.165, 1.54) is 61.2 Å². The maximum atomic E-state index is 13.3. The number of nitrogens with zero attached hydrogens (tertiary/aromatic N) is 2. The van der Waals surface area contributed by atoms with E-state index in [4.69, 9.17) is 0 Å². The van der Waals surface area contributed by atoms with Crippen LogP contribution in [0.3, 0.4) is 0 Å². The minimum Gasteiger partial charge on any atom is -0.299 e. The number of halogens is 1. The van der Waals surface area contributed by atoms with Gasteiger partial charge in [0.05, 0.1) is 0 Å². The average Bonchev–Trinajstić information content (AvgIpc) is 3.29. The molecule has 2 aliphatic rings. The van der Waals surface area contributed by atoms with Crippen molar-refractivity contribution in [3.05, 3.63) is 57.5 Å². The van der Waals surface area contributed by atoms with Gasteiger partial charge in [-0.25, -0.2) is 4.39 Å². The summed E-state index contributed by atoms with van der Waals surface area (Å²) >= 11 is 1.90. The van der Waals surface area contributed by atoms with E-state index in [9.17, 15) is 4.39 Å². The molecule has 3 heterocycles. The lowest BCUT2D eigenvalue weighted by molar-refractivity contribution is 0.141. The van der Waals surface area contributed by atoms with Crippen LogP contribution >= 0.6 is 11.3 Å². The lowest BCUT2D eigenvalue weighted by atomic mass is 9.95. The summed E-state index contributed by atoms with van der Waals surface area (Å²) in [6.45, 7) is 5.78. The van der Waals surface area contributed by atoms with Crippen LogP contribution in [0.2, 0.25) is 0 Å². The Bertz CT molecular complexity index is 675. The van der Waals surface area contributed by atoms with Crippen LogP contribution in [0.5, 0.6) is 0 Å². The molecule has 1 aromatic carbocycles. The molecule has 1 atom stereocenters. The first kappa shape index (κ1) is 17.2. The third kappa shape index (κ3) is 4.30. The molecule has 2 aliphatic heterocycles. The lowest BCUT2D eigenvalue weighted by Gasteiger charge is -2.35. The Balaban J connectivity index is 1.42. The molecule has 2 nitrogen and oxygen atoms in total. The van der Waals surface area contributed by atoms with E-state index in [0.717, 1.165) is 19.6 Å². The molecule has 2 saturated heterocycles. The van der Waals surface area contributed by atoms with Crippen molar-refractivity contribution in [2.75, 3.05) is 19.6 Å². The minimum absolute atomic E-state index is 0.143. The van der Waals surface area contributed by atoms with Crippen LogP contribution < -0.4 is 0 Å². The van der Waals surface area contributed by atoms with E-state index < -0.39 is 0 Å². The van der Waals surface area contributed by atoms with Crippen molar-refractivity contribution < 1.29 is 4.39 Å². The van der Waals surface area contributed by atoms with Crippen molar-refractivity contribution in [3.63, 3.8) is 0 Å². The van der Waals surface area contributed by atoms with E-state index in [0.29, 0.717) is 6.04 Å². The highest BCUT2D eigenvalue weighted by atomic mass is 32.1. The van der Waals surface area contributed by atoms with Crippen molar-refractivity contribution in [2.24, 2.45) is 0 Å². The predicted octanol–water partition coefficient (Wildman–Crippen LogP) is 5.21. The second-order valence-corrected chi connectivity index (χ2v) is 8.43. The Morgan fingerprint density at radius 3 is 2.52 bits per heavy atom. The summed E-state index contributed by atoms with van der Waals surface area (Å²) in [5.74, 6) is -0.143. The Hall–Kier alpha value is -1.23. The number of benzene rings is 1. The second-order valence-electron chi connectivity index (χ2n) is 7.44. The fourth-order valence-corrected chi connectivity index (χ4v) is 5.14. The van der Waals surface area contributed by atoms with Gasteiger partial charge in [-0.1, -0.05) is 18.6 Å². The first-order valence-corrected chi connectivity index (χ1v) is 10.4. The van der Waals surface area contributed by atoms with Gasteiger partial charge in [0.2, 0.25) is 0 Å². The quantitative estimate of drug-likeness (QED) is 0.724. The number of thiophene rings is 1. The summed E-state index contributed by atoms with van der Waals surface area (Å²) in [5.41, 5.74) is 2.73. The first-order chi connectivity index (χ1) is 12.3. The summed E-state index contributed by atoms with van der Waals surface area (Å²) in [5, 5.41) is 2.34. The topological polar surface area (TPSA) is 6.48 Å². The van der Waals surface area contributed by atoms with Crippen LogP contribution in [-0.4, -0.2) is 29.4 Å². The maximum Gasteiger partial charge on any atom is 0.123 e. The average molecular weight is 359 g/mol. The molecule has 2 aromatic rings. The monoisotopic (exact) mass is 358 g/mol. The standard InChI is InChI=1S/C21H27FN2S/c22-19-8-6-18(7-9-19)21-5-1-2-12-24(21)15-20-13-17(16-25-20)14-23-10-3-4-11-23/h6-9,13,16,21H,1-5,10-12,14-15H2. The summed E-state index contributed by atoms with van der Waals surface area (Å²) in [4.78, 5) is 6.61. The Labute approximate surface area is 154 Å². The molecule has 0 aliphatic carbocycles. The third-order valence-corrected chi connectivity index (χ3v) is 6.51. The van der Waals surface area contributed by atoms with Gasteiger partial charge in [0.25, 0.3) is 0 Å². The van der Waals surface area contributed by atoms with Crippen molar-refractivity contribution in [1.82, 2.24) is 9.80 Å². The van der Waals surface area contributed by atoms with Crippen molar-refractivity contribution in [3.8, 4) is 0 Å². The van der Waals surface area contributed by atoms with Gasteiger partial charge in [-0.15, -0.1) is 11.3 Å². The van der Waals surface area contributed by atoms with Gasteiger partial charge in [0.15, 0.2) is 0 Å². The van der Waals surface area contributed by atoms with Gasteiger partial charge >= 0.3 is 0 Å². The molecule has 2 fully saturated rings. The van der Waals surface area contributed by atoms with E-state index >= 15 is 0 Å². The van der Waals surface area contributed by atoms with Crippen LogP contribution in [0, 0.1) is 5.82 Å². The van der Waals surface area contributed by atoms with Gasteiger partial charge in [-0.2, -0.15) is 0 Å². The Kier molecular flexibility index (Phi) is 5.49. The van der Waals surface area contributed by atoms with Crippen LogP contribution in [0.4, 0.5) is 4.39 Å². The Morgan fingerprint density at radius 1 is 0.960 bits per heavy atom. The molecule has 134 valence electrons. The number of piperidine rings is 1. The molecule has 25 heavy (non-hydrogen) atoms. The zero-order valence-corrected chi connectivity index (χ0v) is 15.6. The molecule has 0 spiro atoms. The predicted molar refractivity (Wildman–Crippen MR) is 102 cm³/mol. The van der Waals surface area contributed by atoms with E-state index in [2.05, 4.69) is 21.2 Å². The third-order valence-electron chi connectivity index (χ3n) is 5.54. The highest BCUT2D eigenvalue weighted by Gasteiger charge is 2.24. The highest BCUT2D eigenvalue weighted by Crippen LogP contribution is 2.33. The van der Waals surface area contributed by atoms with Crippen LogP contribution in [0.15, 0.2) is 35.7 Å². The molecular weight excluding hydrogens is 331 g/mol. The largest absolute Gasteiger partial charge is 0.299 e. The highest BCUT2D eigenvalue weighted by molar-refractivity contribution is 7.10. The van der Waals surface area contributed by atoms with E-state index in [-0.39, 0.29) is 5.82 Å².